The van der Waals surface area contributed by atoms with Crippen LogP contribution in [0.25, 0.3) is 0 Å². The third-order valence-corrected chi connectivity index (χ3v) is 6.72. The van der Waals surface area contributed by atoms with E-state index in [-0.39, 0.29) is 11.9 Å². The summed E-state index contributed by atoms with van der Waals surface area (Å²) < 4.78 is -1.04. The van der Waals surface area contributed by atoms with Crippen LogP contribution < -0.4 is 5.32 Å². The van der Waals surface area contributed by atoms with Crippen molar-refractivity contribution in [3.63, 3.8) is 0 Å². The van der Waals surface area contributed by atoms with Gasteiger partial charge in [0.05, 0.1) is 11.5 Å². The van der Waals surface area contributed by atoms with Crippen LogP contribution in [0.1, 0.15) is 39.3 Å². The predicted octanol–water partition coefficient (Wildman–Crippen LogP) is 4.74. The van der Waals surface area contributed by atoms with Crippen molar-refractivity contribution in [2.24, 2.45) is 10.8 Å². The van der Waals surface area contributed by atoms with Gasteiger partial charge in [-0.3, -0.25) is 4.79 Å². The zero-order valence-corrected chi connectivity index (χ0v) is 14.2. The van der Waals surface area contributed by atoms with E-state index in [2.05, 4.69) is 5.32 Å². The van der Waals surface area contributed by atoms with Gasteiger partial charge in [-0.25, -0.2) is 0 Å². The fourth-order valence-electron chi connectivity index (χ4n) is 2.57. The molecular weight excluding hydrogens is 317 g/mol. The number of nitrogens with one attached hydrogen (secondary N) is 1. The van der Waals surface area contributed by atoms with Crippen molar-refractivity contribution in [2.45, 2.75) is 38.1 Å². The van der Waals surface area contributed by atoms with Crippen molar-refractivity contribution < 1.29 is 4.79 Å². The van der Waals surface area contributed by atoms with Crippen molar-refractivity contribution in [3.05, 3.63) is 34.9 Å². The predicted molar refractivity (Wildman–Crippen MR) is 84.3 cm³/mol. The first-order chi connectivity index (χ1) is 9.05. The fraction of sp³-hybridized carbons (Fsp3) is 0.533. The zero-order valence-electron chi connectivity index (χ0n) is 11.9. The molecule has 20 heavy (non-hydrogen) atoms. The van der Waals surface area contributed by atoms with Crippen molar-refractivity contribution in [2.75, 3.05) is 0 Å². The van der Waals surface area contributed by atoms with Crippen LogP contribution in [0.4, 0.5) is 0 Å². The molecule has 1 aromatic rings. The molecule has 0 bridgehead atoms. The number of hydrogen-bond donors (Lipinski definition) is 1. The van der Waals surface area contributed by atoms with Gasteiger partial charge < -0.3 is 5.32 Å². The lowest BCUT2D eigenvalue weighted by molar-refractivity contribution is -0.127. The lowest BCUT2D eigenvalue weighted by Gasteiger charge is -2.19. The zero-order chi connectivity index (χ0) is 15.3. The molecule has 1 saturated carbocycles. The van der Waals surface area contributed by atoms with Gasteiger partial charge in [0.25, 0.3) is 0 Å². The average Bonchev–Trinajstić information content (AvgIpc) is 2.68. The monoisotopic (exact) mass is 333 g/mol. The quantitative estimate of drug-likeness (QED) is 0.795. The highest BCUT2D eigenvalue weighted by atomic mass is 35.5. The maximum Gasteiger partial charge on any atom is 0.230 e. The average molecular weight is 335 g/mol. The highest BCUT2D eigenvalue weighted by Gasteiger charge is 2.83. The summed E-state index contributed by atoms with van der Waals surface area (Å²) in [6.45, 7) is 7.53. The van der Waals surface area contributed by atoms with Gasteiger partial charge in [0.2, 0.25) is 5.91 Å². The van der Waals surface area contributed by atoms with Gasteiger partial charge in [-0.2, -0.15) is 0 Å². The molecule has 110 valence electrons. The number of hydrogen-bond acceptors (Lipinski definition) is 1. The standard InChI is InChI=1S/C15H18Cl3NO/c1-9(10-5-7-11(16)8-6-10)19-12(20)14(4)13(2,3)15(14,17)18/h5-9H,1-4H3,(H,19,20). The van der Waals surface area contributed by atoms with E-state index in [4.69, 9.17) is 34.8 Å². The molecule has 0 radical (unpaired) electrons. The molecular formula is C15H18Cl3NO. The van der Waals surface area contributed by atoms with Gasteiger partial charge in [-0.05, 0) is 31.5 Å². The van der Waals surface area contributed by atoms with Crippen molar-refractivity contribution in [3.8, 4) is 0 Å². The maximum atomic E-state index is 12.5. The molecule has 2 unspecified atom stereocenters. The first-order valence-electron chi connectivity index (χ1n) is 6.50. The molecule has 0 aromatic heterocycles. The van der Waals surface area contributed by atoms with Crippen LogP contribution in [0, 0.1) is 10.8 Å². The van der Waals surface area contributed by atoms with E-state index in [0.29, 0.717) is 5.02 Å². The third-order valence-electron chi connectivity index (χ3n) is 4.77. The lowest BCUT2D eigenvalue weighted by Crippen LogP contribution is -2.36. The summed E-state index contributed by atoms with van der Waals surface area (Å²) in [5, 5.41) is 3.65. The highest BCUT2D eigenvalue weighted by molar-refractivity contribution is 6.54. The highest BCUT2D eigenvalue weighted by Crippen LogP contribution is 2.77. The molecule has 5 heteroatoms. The minimum atomic E-state index is -1.04. The van der Waals surface area contributed by atoms with Crippen molar-refractivity contribution in [1.29, 1.82) is 0 Å². The van der Waals surface area contributed by atoms with Crippen LogP contribution in [0.5, 0.6) is 0 Å². The van der Waals surface area contributed by atoms with E-state index in [1.807, 2.05) is 32.9 Å². The SMILES string of the molecule is CC(NC(=O)C1(C)C(C)(C)C1(Cl)Cl)c1ccc(Cl)cc1. The lowest BCUT2D eigenvalue weighted by atomic mass is 9.96. The second kappa shape index (κ2) is 4.79. The number of alkyl halides is 2. The Kier molecular flexibility index (Phi) is 3.82. The number of benzene rings is 1. The molecule has 1 N–H and O–H groups in total. The topological polar surface area (TPSA) is 29.1 Å². The van der Waals surface area contributed by atoms with Crippen LogP contribution >= 0.6 is 34.8 Å². The van der Waals surface area contributed by atoms with Crippen molar-refractivity contribution in [1.82, 2.24) is 5.32 Å². The van der Waals surface area contributed by atoms with E-state index in [9.17, 15) is 4.79 Å². The maximum absolute atomic E-state index is 12.5. The molecule has 0 saturated heterocycles. The minimum absolute atomic E-state index is 0.128. The van der Waals surface area contributed by atoms with Crippen LogP contribution in [-0.4, -0.2) is 10.2 Å². The summed E-state index contributed by atoms with van der Waals surface area (Å²) in [4.78, 5) is 12.5. The largest absolute Gasteiger partial charge is 0.349 e. The normalized spacial score (nSPS) is 27.8. The van der Waals surface area contributed by atoms with Crippen LogP contribution in [0.15, 0.2) is 24.3 Å². The molecule has 0 aliphatic heterocycles. The smallest absolute Gasteiger partial charge is 0.230 e. The Morgan fingerprint density at radius 3 is 2.00 bits per heavy atom. The third kappa shape index (κ3) is 2.04. The van der Waals surface area contributed by atoms with E-state index in [1.54, 1.807) is 19.1 Å². The molecule has 2 atom stereocenters. The molecule has 2 nitrogen and oxygen atoms in total. The summed E-state index contributed by atoms with van der Waals surface area (Å²) in [5.41, 5.74) is -0.254. The molecule has 0 spiro atoms. The van der Waals surface area contributed by atoms with Crippen LogP contribution in [0.3, 0.4) is 0 Å². The van der Waals surface area contributed by atoms with Gasteiger partial charge in [0, 0.05) is 10.4 Å². The Bertz CT molecular complexity index is 523. The number of carbonyl (C=O) groups is 1. The molecule has 1 aliphatic rings. The van der Waals surface area contributed by atoms with E-state index in [1.165, 1.54) is 0 Å². The van der Waals surface area contributed by atoms with Crippen molar-refractivity contribution >= 4 is 40.7 Å². The van der Waals surface area contributed by atoms with Gasteiger partial charge >= 0.3 is 0 Å². The van der Waals surface area contributed by atoms with E-state index in [0.717, 1.165) is 5.56 Å². The number of amides is 1. The summed E-state index contributed by atoms with van der Waals surface area (Å²) >= 11 is 18.4. The number of rotatable bonds is 3. The molecule has 1 aliphatic carbocycles. The minimum Gasteiger partial charge on any atom is -0.349 e. The fourth-order valence-corrected chi connectivity index (χ4v) is 3.63. The number of carbonyl (C=O) groups excluding carboxylic acids is 1. The molecule has 1 amide bonds. The van der Waals surface area contributed by atoms with Gasteiger partial charge in [-0.15, -0.1) is 0 Å². The Morgan fingerprint density at radius 2 is 1.60 bits per heavy atom. The first-order valence-corrected chi connectivity index (χ1v) is 7.63. The Labute approximate surface area is 134 Å². The van der Waals surface area contributed by atoms with Gasteiger partial charge in [0.1, 0.15) is 4.33 Å². The van der Waals surface area contributed by atoms with Gasteiger partial charge in [-0.1, -0.05) is 60.8 Å². The van der Waals surface area contributed by atoms with Crippen LogP contribution in [0.2, 0.25) is 5.02 Å². The second-order valence-corrected chi connectivity index (χ2v) is 7.83. The van der Waals surface area contributed by atoms with Crippen LogP contribution in [-0.2, 0) is 4.79 Å². The Morgan fingerprint density at radius 1 is 1.15 bits per heavy atom. The number of halogens is 3. The summed E-state index contributed by atoms with van der Waals surface area (Å²) in [6, 6.07) is 7.26. The van der Waals surface area contributed by atoms with E-state index < -0.39 is 15.2 Å². The summed E-state index contributed by atoms with van der Waals surface area (Å²) in [6.07, 6.45) is 0. The molecule has 1 aromatic carbocycles. The first kappa shape index (κ1) is 15.9. The Balaban J connectivity index is 2.12. The molecule has 1 fully saturated rings. The van der Waals surface area contributed by atoms with E-state index >= 15 is 0 Å². The molecule has 0 heterocycles. The summed E-state index contributed by atoms with van der Waals surface area (Å²) in [7, 11) is 0. The summed E-state index contributed by atoms with van der Waals surface area (Å²) in [5.74, 6) is -0.130. The Hall–Kier alpha value is -0.440. The van der Waals surface area contributed by atoms with Gasteiger partial charge in [0.15, 0.2) is 0 Å². The molecule has 2 rings (SSSR count). The second-order valence-electron chi connectivity index (χ2n) is 6.07.